The number of aliphatic hydroxyl groups is 2. The zero-order valence-corrected chi connectivity index (χ0v) is 12.6. The van der Waals surface area contributed by atoms with E-state index in [1.165, 1.54) is 12.1 Å². The largest absolute Gasteiger partial charge is 0.395 e. The van der Waals surface area contributed by atoms with E-state index in [9.17, 15) is 14.6 Å². The number of rotatable bonds is 9. The predicted molar refractivity (Wildman–Crippen MR) is 80.2 cm³/mol. The highest BCUT2D eigenvalue weighted by molar-refractivity contribution is 5.26. The third kappa shape index (κ3) is 4.29. The summed E-state index contributed by atoms with van der Waals surface area (Å²) >= 11 is 0. The van der Waals surface area contributed by atoms with Crippen molar-refractivity contribution in [2.24, 2.45) is 5.92 Å². The summed E-state index contributed by atoms with van der Waals surface area (Å²) in [6, 6.07) is 6.25. The maximum Gasteiger partial charge on any atom is 0.123 e. The van der Waals surface area contributed by atoms with Gasteiger partial charge in [0, 0.05) is 5.41 Å². The second kappa shape index (κ2) is 8.38. The first-order valence-corrected chi connectivity index (χ1v) is 7.59. The van der Waals surface area contributed by atoms with Crippen LogP contribution in [0.15, 0.2) is 24.3 Å². The Hall–Kier alpha value is -0.930. The number of halogens is 1. The van der Waals surface area contributed by atoms with Crippen LogP contribution >= 0.6 is 0 Å². The van der Waals surface area contributed by atoms with E-state index >= 15 is 0 Å². The van der Waals surface area contributed by atoms with Crippen LogP contribution in [0.5, 0.6) is 0 Å². The number of unbranched alkanes of at least 4 members (excludes halogenated alkanes) is 1. The molecule has 0 aliphatic heterocycles. The molecule has 0 amide bonds. The number of hydrogen-bond acceptors (Lipinski definition) is 2. The summed E-state index contributed by atoms with van der Waals surface area (Å²) in [7, 11) is 0. The molecule has 0 aromatic heterocycles. The van der Waals surface area contributed by atoms with Crippen molar-refractivity contribution in [3.05, 3.63) is 35.6 Å². The molecular weight excluding hydrogens is 255 g/mol. The van der Waals surface area contributed by atoms with Gasteiger partial charge in [-0.15, -0.1) is 0 Å². The van der Waals surface area contributed by atoms with Crippen LogP contribution in [0, 0.1) is 11.7 Å². The summed E-state index contributed by atoms with van der Waals surface area (Å²) in [5.41, 5.74) is -0.0475. The van der Waals surface area contributed by atoms with Gasteiger partial charge in [0.05, 0.1) is 13.2 Å². The van der Waals surface area contributed by atoms with Crippen molar-refractivity contribution in [1.82, 2.24) is 0 Å². The van der Waals surface area contributed by atoms with Gasteiger partial charge in [0.1, 0.15) is 5.82 Å². The topological polar surface area (TPSA) is 40.5 Å². The maximum atomic E-state index is 13.4. The Kier molecular flexibility index (Phi) is 7.17. The van der Waals surface area contributed by atoms with Gasteiger partial charge < -0.3 is 10.2 Å². The molecule has 0 saturated carbocycles. The monoisotopic (exact) mass is 282 g/mol. The fraction of sp³-hybridized carbons (Fsp3) is 0.647. The average molecular weight is 282 g/mol. The van der Waals surface area contributed by atoms with Crippen molar-refractivity contribution >= 4 is 0 Å². The molecule has 0 radical (unpaired) electrons. The van der Waals surface area contributed by atoms with Gasteiger partial charge in [-0.1, -0.05) is 51.7 Å². The lowest BCUT2D eigenvalue weighted by molar-refractivity contribution is 0.0920. The van der Waals surface area contributed by atoms with Gasteiger partial charge in [0.25, 0.3) is 0 Å². The van der Waals surface area contributed by atoms with Gasteiger partial charge in [-0.2, -0.15) is 0 Å². The van der Waals surface area contributed by atoms with Crippen LogP contribution in [0.4, 0.5) is 4.39 Å². The van der Waals surface area contributed by atoms with Gasteiger partial charge in [-0.3, -0.25) is 0 Å². The smallest absolute Gasteiger partial charge is 0.123 e. The minimum absolute atomic E-state index is 0.157. The quantitative estimate of drug-likeness (QED) is 0.725. The SMILES string of the molecule is CCCCC(CC)CC(CO)(CO)c1cccc(F)c1. The molecule has 20 heavy (non-hydrogen) atoms. The molecule has 1 rings (SSSR count). The van der Waals surface area contributed by atoms with Crippen LogP contribution in [-0.4, -0.2) is 23.4 Å². The molecule has 114 valence electrons. The van der Waals surface area contributed by atoms with Crippen molar-refractivity contribution in [3.8, 4) is 0 Å². The minimum atomic E-state index is -0.740. The Labute approximate surface area is 121 Å². The van der Waals surface area contributed by atoms with Gasteiger partial charge in [0.15, 0.2) is 0 Å². The van der Waals surface area contributed by atoms with E-state index in [1.807, 2.05) is 0 Å². The summed E-state index contributed by atoms with van der Waals surface area (Å²) in [5.74, 6) is 0.118. The molecular formula is C17H27FO2. The van der Waals surface area contributed by atoms with Crippen molar-refractivity contribution in [2.45, 2.75) is 51.4 Å². The zero-order valence-electron chi connectivity index (χ0n) is 12.6. The lowest BCUT2D eigenvalue weighted by Crippen LogP contribution is -2.37. The second-order valence-electron chi connectivity index (χ2n) is 5.73. The standard InChI is InChI=1S/C17H27FO2/c1-3-5-7-14(4-2)11-17(12-19,13-20)15-8-6-9-16(18)10-15/h6,8-10,14,19-20H,3-5,7,11-13H2,1-2H3. The first kappa shape index (κ1) is 17.1. The van der Waals surface area contributed by atoms with Gasteiger partial charge in [-0.25, -0.2) is 4.39 Å². The van der Waals surface area contributed by atoms with Crippen molar-refractivity contribution in [3.63, 3.8) is 0 Å². The molecule has 0 aliphatic rings. The number of hydrogen-bond donors (Lipinski definition) is 2. The minimum Gasteiger partial charge on any atom is -0.395 e. The maximum absolute atomic E-state index is 13.4. The molecule has 0 heterocycles. The average Bonchev–Trinajstić information content (AvgIpc) is 2.48. The second-order valence-corrected chi connectivity index (χ2v) is 5.73. The molecule has 3 heteroatoms. The molecule has 0 saturated heterocycles. The van der Waals surface area contributed by atoms with E-state index in [0.29, 0.717) is 17.9 Å². The van der Waals surface area contributed by atoms with E-state index in [2.05, 4.69) is 13.8 Å². The predicted octanol–water partition coefficient (Wildman–Crippen LogP) is 3.65. The van der Waals surface area contributed by atoms with Crippen molar-refractivity contribution < 1.29 is 14.6 Å². The molecule has 2 N–H and O–H groups in total. The third-order valence-corrected chi connectivity index (χ3v) is 4.27. The Bertz CT molecular complexity index is 388. The summed E-state index contributed by atoms with van der Waals surface area (Å²) in [6.45, 7) is 3.97. The summed E-state index contributed by atoms with van der Waals surface area (Å²) in [6.07, 6.45) is 5.08. The lowest BCUT2D eigenvalue weighted by Gasteiger charge is -2.34. The van der Waals surface area contributed by atoms with Gasteiger partial charge >= 0.3 is 0 Å². The molecule has 0 spiro atoms. The van der Waals surface area contributed by atoms with Crippen LogP contribution in [0.25, 0.3) is 0 Å². The first-order chi connectivity index (χ1) is 9.61. The van der Waals surface area contributed by atoms with Crippen LogP contribution in [0.1, 0.15) is 51.5 Å². The van der Waals surface area contributed by atoms with Crippen molar-refractivity contribution in [2.75, 3.05) is 13.2 Å². The highest BCUT2D eigenvalue weighted by Gasteiger charge is 2.33. The van der Waals surface area contributed by atoms with E-state index in [1.54, 1.807) is 12.1 Å². The number of benzene rings is 1. The Morgan fingerprint density at radius 3 is 2.40 bits per heavy atom. The molecule has 0 aliphatic carbocycles. The van der Waals surface area contributed by atoms with E-state index in [-0.39, 0.29) is 19.0 Å². The normalized spacial score (nSPS) is 13.4. The molecule has 1 aromatic carbocycles. The number of aliphatic hydroxyl groups excluding tert-OH is 2. The Morgan fingerprint density at radius 2 is 1.90 bits per heavy atom. The molecule has 1 atom stereocenters. The molecule has 0 fully saturated rings. The Morgan fingerprint density at radius 1 is 1.20 bits per heavy atom. The fourth-order valence-corrected chi connectivity index (χ4v) is 2.79. The van der Waals surface area contributed by atoms with E-state index in [0.717, 1.165) is 25.7 Å². The van der Waals surface area contributed by atoms with Crippen LogP contribution < -0.4 is 0 Å². The third-order valence-electron chi connectivity index (χ3n) is 4.27. The lowest BCUT2D eigenvalue weighted by atomic mass is 9.73. The zero-order chi connectivity index (χ0) is 15.0. The van der Waals surface area contributed by atoms with E-state index < -0.39 is 5.41 Å². The summed E-state index contributed by atoms with van der Waals surface area (Å²) in [5, 5.41) is 19.6. The van der Waals surface area contributed by atoms with Crippen molar-refractivity contribution in [1.29, 1.82) is 0 Å². The van der Waals surface area contributed by atoms with Crippen LogP contribution in [0.3, 0.4) is 0 Å². The van der Waals surface area contributed by atoms with E-state index in [4.69, 9.17) is 0 Å². The highest BCUT2D eigenvalue weighted by atomic mass is 19.1. The fourth-order valence-electron chi connectivity index (χ4n) is 2.79. The van der Waals surface area contributed by atoms with Gasteiger partial charge in [0.2, 0.25) is 0 Å². The highest BCUT2D eigenvalue weighted by Crippen LogP contribution is 2.34. The Balaban J connectivity index is 2.96. The first-order valence-electron chi connectivity index (χ1n) is 7.59. The van der Waals surface area contributed by atoms with Gasteiger partial charge in [-0.05, 0) is 30.0 Å². The molecule has 0 bridgehead atoms. The molecule has 1 aromatic rings. The molecule has 2 nitrogen and oxygen atoms in total. The summed E-state index contributed by atoms with van der Waals surface area (Å²) in [4.78, 5) is 0. The molecule has 1 unspecified atom stereocenters. The van der Waals surface area contributed by atoms with Crippen LogP contribution in [0.2, 0.25) is 0 Å². The summed E-state index contributed by atoms with van der Waals surface area (Å²) < 4.78 is 13.4. The van der Waals surface area contributed by atoms with Crippen LogP contribution in [-0.2, 0) is 5.41 Å².